The van der Waals surface area contributed by atoms with Crippen LogP contribution in [-0.4, -0.2) is 38.7 Å². The third kappa shape index (κ3) is 6.34. The van der Waals surface area contributed by atoms with Crippen LogP contribution in [0.15, 0.2) is 36.8 Å². The molecule has 2 N–H and O–H groups in total. The lowest BCUT2D eigenvalue weighted by Crippen LogP contribution is -2.23. The second kappa shape index (κ2) is 10.7. The highest BCUT2D eigenvalue weighted by Gasteiger charge is 2.34. The number of nitrogens with zero attached hydrogens (tertiary/aromatic N) is 3. The summed E-state index contributed by atoms with van der Waals surface area (Å²) in [6.45, 7) is 1.76. The summed E-state index contributed by atoms with van der Waals surface area (Å²) in [4.78, 5) is 25.3. The standard InChI is InChI=1S/C24H25F3N4O3S/c1-14(5-6-32)34-19-8-17(7-18(9-19)22-29-13-20(35-22)16-3-2-4-16)21(33)28-10-15-11-30-23(31-12-15)24(25,26)27/h7-9,11-14,16,32H,2-6,10H2,1H3,(H,28,33)/t14-/m1/s1. The van der Waals surface area contributed by atoms with Crippen molar-refractivity contribution in [2.75, 3.05) is 6.61 Å². The molecule has 11 heteroatoms. The molecule has 3 aromatic rings. The summed E-state index contributed by atoms with van der Waals surface area (Å²) in [5, 5.41) is 12.7. The van der Waals surface area contributed by atoms with Gasteiger partial charge in [0.25, 0.3) is 5.91 Å². The molecule has 0 saturated heterocycles. The fourth-order valence-corrected chi connectivity index (χ4v) is 4.65. The lowest BCUT2D eigenvalue weighted by Gasteiger charge is -2.23. The maximum atomic E-state index is 12.9. The zero-order valence-electron chi connectivity index (χ0n) is 19.0. The number of hydrogen-bond acceptors (Lipinski definition) is 7. The normalized spacial score (nSPS) is 14.9. The zero-order valence-corrected chi connectivity index (χ0v) is 19.8. The fourth-order valence-electron chi connectivity index (χ4n) is 3.57. The number of rotatable bonds is 9. The summed E-state index contributed by atoms with van der Waals surface area (Å²) in [6.07, 6.45) is 3.04. The topological polar surface area (TPSA) is 97.2 Å². The van der Waals surface area contributed by atoms with Gasteiger partial charge in [-0.2, -0.15) is 13.2 Å². The summed E-state index contributed by atoms with van der Waals surface area (Å²) in [5.74, 6) is -0.656. The number of carbonyl (C=O) groups excluding carboxylic acids is 1. The molecule has 0 spiro atoms. The average Bonchev–Trinajstić information content (AvgIpc) is 3.25. The average molecular weight is 507 g/mol. The van der Waals surface area contributed by atoms with Gasteiger partial charge in [0.15, 0.2) is 0 Å². The van der Waals surface area contributed by atoms with E-state index in [2.05, 4.69) is 20.3 Å². The molecule has 1 fully saturated rings. The first kappa shape index (κ1) is 25.1. The number of aliphatic hydroxyl groups excluding tert-OH is 1. The van der Waals surface area contributed by atoms with Crippen LogP contribution in [0.4, 0.5) is 13.2 Å². The van der Waals surface area contributed by atoms with Crippen molar-refractivity contribution in [1.29, 1.82) is 0 Å². The molecule has 1 aliphatic carbocycles. The Labute approximate surface area is 204 Å². The van der Waals surface area contributed by atoms with Crippen molar-refractivity contribution in [2.45, 2.75) is 57.3 Å². The molecule has 1 saturated carbocycles. The van der Waals surface area contributed by atoms with Crippen LogP contribution in [0.5, 0.6) is 5.75 Å². The third-order valence-corrected chi connectivity index (χ3v) is 6.94. The van der Waals surface area contributed by atoms with E-state index >= 15 is 0 Å². The molecule has 0 unspecified atom stereocenters. The van der Waals surface area contributed by atoms with Gasteiger partial charge >= 0.3 is 6.18 Å². The van der Waals surface area contributed by atoms with E-state index < -0.39 is 17.9 Å². The Hall–Kier alpha value is -3.05. The largest absolute Gasteiger partial charge is 0.491 e. The zero-order chi connectivity index (χ0) is 25.0. The van der Waals surface area contributed by atoms with E-state index in [-0.39, 0.29) is 19.3 Å². The Balaban J connectivity index is 1.53. The number of carbonyl (C=O) groups is 1. The van der Waals surface area contributed by atoms with Crippen molar-refractivity contribution in [3.8, 4) is 16.3 Å². The quantitative estimate of drug-likeness (QED) is 0.426. The highest BCUT2D eigenvalue weighted by Crippen LogP contribution is 2.41. The Bertz CT molecular complexity index is 1160. The number of aliphatic hydroxyl groups is 1. The van der Waals surface area contributed by atoms with Crippen LogP contribution in [0, 0.1) is 0 Å². The van der Waals surface area contributed by atoms with Crippen molar-refractivity contribution in [3.05, 3.63) is 58.6 Å². The highest BCUT2D eigenvalue weighted by molar-refractivity contribution is 7.15. The first-order valence-corrected chi connectivity index (χ1v) is 12.1. The molecule has 1 amide bonds. The van der Waals surface area contributed by atoms with Gasteiger partial charge in [-0.25, -0.2) is 15.0 Å². The monoisotopic (exact) mass is 506 g/mol. The van der Waals surface area contributed by atoms with Crippen molar-refractivity contribution >= 4 is 17.2 Å². The predicted molar refractivity (Wildman–Crippen MR) is 124 cm³/mol. The number of benzene rings is 1. The molecule has 35 heavy (non-hydrogen) atoms. The van der Waals surface area contributed by atoms with Crippen LogP contribution in [0.2, 0.25) is 0 Å². The van der Waals surface area contributed by atoms with Crippen LogP contribution in [0.1, 0.15) is 65.1 Å². The van der Waals surface area contributed by atoms with Crippen LogP contribution in [-0.2, 0) is 12.7 Å². The van der Waals surface area contributed by atoms with Gasteiger partial charge in [0.2, 0.25) is 5.82 Å². The van der Waals surface area contributed by atoms with Crippen molar-refractivity contribution in [1.82, 2.24) is 20.3 Å². The third-order valence-electron chi connectivity index (χ3n) is 5.73. The van der Waals surface area contributed by atoms with E-state index in [0.717, 1.165) is 35.8 Å². The first-order valence-electron chi connectivity index (χ1n) is 11.3. The van der Waals surface area contributed by atoms with Gasteiger partial charge < -0.3 is 15.2 Å². The summed E-state index contributed by atoms with van der Waals surface area (Å²) in [6, 6.07) is 5.12. The molecule has 0 bridgehead atoms. The van der Waals surface area contributed by atoms with Crippen LogP contribution in [0.25, 0.3) is 10.6 Å². The SMILES string of the molecule is C[C@H](CCO)Oc1cc(C(=O)NCc2cnc(C(F)(F)F)nc2)cc(-c2ncc(C3CCC3)s2)c1. The smallest absolute Gasteiger partial charge is 0.451 e. The molecule has 7 nitrogen and oxygen atoms in total. The predicted octanol–water partition coefficient (Wildman–Crippen LogP) is 4.97. The van der Waals surface area contributed by atoms with Crippen molar-refractivity contribution < 1.29 is 27.8 Å². The number of aromatic nitrogens is 3. The Kier molecular flexibility index (Phi) is 7.66. The Morgan fingerprint density at radius 3 is 2.57 bits per heavy atom. The van der Waals surface area contributed by atoms with E-state index in [4.69, 9.17) is 4.74 Å². The number of hydrogen-bond donors (Lipinski definition) is 2. The highest BCUT2D eigenvalue weighted by atomic mass is 32.1. The minimum Gasteiger partial charge on any atom is -0.491 e. The number of halogens is 3. The molecular formula is C24H25F3N4O3S. The summed E-state index contributed by atoms with van der Waals surface area (Å²) < 4.78 is 43.9. The van der Waals surface area contributed by atoms with Crippen molar-refractivity contribution in [3.63, 3.8) is 0 Å². The maximum Gasteiger partial charge on any atom is 0.451 e. The number of alkyl halides is 3. The molecular weight excluding hydrogens is 481 g/mol. The molecule has 1 atom stereocenters. The van der Waals surface area contributed by atoms with Gasteiger partial charge in [-0.1, -0.05) is 6.42 Å². The van der Waals surface area contributed by atoms with E-state index in [1.54, 1.807) is 23.5 Å². The van der Waals surface area contributed by atoms with Gasteiger partial charge in [-0.05, 0) is 43.9 Å². The summed E-state index contributed by atoms with van der Waals surface area (Å²) in [5.41, 5.74) is 1.39. The minimum absolute atomic E-state index is 0.0272. The maximum absolute atomic E-state index is 12.9. The van der Waals surface area contributed by atoms with Gasteiger partial charge in [0.1, 0.15) is 10.8 Å². The molecule has 0 aliphatic heterocycles. The lowest BCUT2D eigenvalue weighted by atomic mass is 9.85. The molecule has 1 aliphatic rings. The first-order chi connectivity index (χ1) is 16.7. The van der Waals surface area contributed by atoms with Crippen LogP contribution in [0.3, 0.4) is 0 Å². The molecule has 1 aromatic carbocycles. The molecule has 0 radical (unpaired) electrons. The Morgan fingerprint density at radius 2 is 1.94 bits per heavy atom. The summed E-state index contributed by atoms with van der Waals surface area (Å²) >= 11 is 1.59. The molecule has 186 valence electrons. The second-order valence-electron chi connectivity index (χ2n) is 8.48. The summed E-state index contributed by atoms with van der Waals surface area (Å²) in [7, 11) is 0. The molecule has 4 rings (SSSR count). The molecule has 2 heterocycles. The number of thiazole rings is 1. The van der Waals surface area contributed by atoms with E-state index in [0.29, 0.717) is 29.2 Å². The number of ether oxygens (including phenoxy) is 1. The lowest BCUT2D eigenvalue weighted by molar-refractivity contribution is -0.145. The van der Waals surface area contributed by atoms with E-state index in [9.17, 15) is 23.1 Å². The van der Waals surface area contributed by atoms with Crippen LogP contribution < -0.4 is 10.1 Å². The number of nitrogens with one attached hydrogen (secondary N) is 1. The van der Waals surface area contributed by atoms with Gasteiger partial charge in [-0.3, -0.25) is 4.79 Å². The van der Waals surface area contributed by atoms with Gasteiger partial charge in [0, 0.05) is 59.7 Å². The molecule has 2 aromatic heterocycles. The minimum atomic E-state index is -4.62. The number of amides is 1. The van der Waals surface area contributed by atoms with Gasteiger partial charge in [-0.15, -0.1) is 11.3 Å². The Morgan fingerprint density at radius 1 is 1.20 bits per heavy atom. The van der Waals surface area contributed by atoms with Crippen molar-refractivity contribution in [2.24, 2.45) is 0 Å². The van der Waals surface area contributed by atoms with Crippen LogP contribution >= 0.6 is 11.3 Å². The van der Waals surface area contributed by atoms with E-state index in [1.165, 1.54) is 11.3 Å². The van der Waals surface area contributed by atoms with E-state index in [1.807, 2.05) is 19.2 Å². The van der Waals surface area contributed by atoms with Gasteiger partial charge in [0.05, 0.1) is 6.10 Å². The second-order valence-corrected chi connectivity index (χ2v) is 9.54. The fraction of sp³-hybridized carbons (Fsp3) is 0.417.